The van der Waals surface area contributed by atoms with Gasteiger partial charge in [-0.1, -0.05) is 19.3 Å². The van der Waals surface area contributed by atoms with E-state index in [1.807, 2.05) is 36.4 Å². The van der Waals surface area contributed by atoms with Crippen molar-refractivity contribution in [3.05, 3.63) is 114 Å². The molecule has 45 heavy (non-hydrogen) atoms. The largest absolute Gasteiger partial charge is 0.497 e. The Hall–Kier alpha value is -4.78. The lowest BCUT2D eigenvalue weighted by atomic mass is 9.33. The van der Waals surface area contributed by atoms with Gasteiger partial charge in [-0.3, -0.25) is 0 Å². The van der Waals surface area contributed by atoms with Crippen LogP contribution in [0.4, 0.5) is 42.9 Å². The molecule has 0 saturated heterocycles. The summed E-state index contributed by atoms with van der Waals surface area (Å²) in [7, 11) is 3.35. The molecule has 3 aliphatic rings. The van der Waals surface area contributed by atoms with Gasteiger partial charge in [0.15, 0.2) is 0 Å². The lowest BCUT2D eigenvalue weighted by Crippen LogP contribution is -2.61. The van der Waals surface area contributed by atoms with E-state index in [0.717, 1.165) is 74.9 Å². The number of halogens is 2. The second-order valence-electron chi connectivity index (χ2n) is 12.2. The van der Waals surface area contributed by atoms with Gasteiger partial charge >= 0.3 is 0 Å². The number of fused-ring (bicyclic) bond motifs is 4. The van der Waals surface area contributed by atoms with E-state index >= 15 is 4.39 Å². The maximum absolute atomic E-state index is 15.2. The van der Waals surface area contributed by atoms with E-state index in [2.05, 4.69) is 46.2 Å². The maximum atomic E-state index is 15.2. The number of methoxy groups -OCH3 is 2. The van der Waals surface area contributed by atoms with E-state index < -0.39 is 0 Å². The van der Waals surface area contributed by atoms with Crippen LogP contribution in [0, 0.1) is 11.6 Å². The molecule has 5 aromatic carbocycles. The zero-order chi connectivity index (χ0) is 30.7. The van der Waals surface area contributed by atoms with Crippen LogP contribution in [0.5, 0.6) is 11.5 Å². The van der Waals surface area contributed by atoms with E-state index in [4.69, 9.17) is 9.47 Å². The van der Waals surface area contributed by atoms with Gasteiger partial charge < -0.3 is 19.3 Å². The smallest absolute Gasteiger partial charge is 0.252 e. The van der Waals surface area contributed by atoms with Gasteiger partial charge in [0.05, 0.1) is 14.2 Å². The maximum Gasteiger partial charge on any atom is 0.252 e. The van der Waals surface area contributed by atoms with Gasteiger partial charge in [-0.2, -0.15) is 0 Å². The molecule has 0 radical (unpaired) electrons. The molecule has 0 amide bonds. The Kier molecular flexibility index (Phi) is 6.78. The third-order valence-corrected chi connectivity index (χ3v) is 9.75. The second kappa shape index (κ2) is 11.0. The van der Waals surface area contributed by atoms with Crippen LogP contribution >= 0.6 is 0 Å². The highest BCUT2D eigenvalue weighted by Gasteiger charge is 2.44. The number of benzene rings is 5. The molecule has 1 saturated carbocycles. The van der Waals surface area contributed by atoms with Gasteiger partial charge in [0.1, 0.15) is 23.1 Å². The molecule has 224 valence electrons. The van der Waals surface area contributed by atoms with Crippen LogP contribution in [0.2, 0.25) is 0 Å². The Morgan fingerprint density at radius 2 is 1.11 bits per heavy atom. The SMILES string of the molecule is COc1ccc(N2c3ccc(OC)cc3B3c4cc(F)ccc4N(c4ccc(F)cc4)c4cc(C5CCCCC5)cc2c43)cc1. The number of nitrogens with zero attached hydrogens (tertiary/aromatic N) is 2. The highest BCUT2D eigenvalue weighted by Crippen LogP contribution is 2.47. The van der Waals surface area contributed by atoms with Gasteiger partial charge in [0.2, 0.25) is 0 Å². The monoisotopic (exact) mass is 598 g/mol. The number of ether oxygens (including phenoxy) is 2. The summed E-state index contributed by atoms with van der Waals surface area (Å²) in [4.78, 5) is 4.51. The van der Waals surface area contributed by atoms with Gasteiger partial charge in [-0.25, -0.2) is 8.78 Å². The number of rotatable bonds is 5. The lowest BCUT2D eigenvalue weighted by Gasteiger charge is -2.45. The number of hydrogen-bond donors (Lipinski definition) is 0. The molecular weight excluding hydrogens is 565 g/mol. The molecule has 8 rings (SSSR count). The van der Waals surface area contributed by atoms with Crippen LogP contribution in [-0.4, -0.2) is 20.9 Å². The molecule has 0 atom stereocenters. The van der Waals surface area contributed by atoms with E-state index in [0.29, 0.717) is 5.92 Å². The van der Waals surface area contributed by atoms with Gasteiger partial charge in [0.25, 0.3) is 6.71 Å². The number of hydrogen-bond acceptors (Lipinski definition) is 4. The summed E-state index contributed by atoms with van der Waals surface area (Å²) in [5.74, 6) is 1.38. The van der Waals surface area contributed by atoms with Crippen molar-refractivity contribution < 1.29 is 18.3 Å². The molecule has 2 heterocycles. The fourth-order valence-electron chi connectivity index (χ4n) is 7.65. The van der Waals surface area contributed by atoms with Crippen molar-refractivity contribution in [2.24, 2.45) is 0 Å². The summed E-state index contributed by atoms with van der Waals surface area (Å²) in [5, 5.41) is 0. The fourth-order valence-corrected chi connectivity index (χ4v) is 7.65. The molecule has 0 spiro atoms. The first-order valence-electron chi connectivity index (χ1n) is 15.7. The molecule has 1 fully saturated rings. The molecule has 2 aliphatic heterocycles. The minimum atomic E-state index is -0.294. The molecule has 7 heteroatoms. The first-order chi connectivity index (χ1) is 22.0. The average Bonchev–Trinajstić information content (AvgIpc) is 3.09. The normalized spacial score (nSPS) is 15.3. The Labute approximate surface area is 262 Å². The first-order valence-corrected chi connectivity index (χ1v) is 15.7. The van der Waals surface area contributed by atoms with Crippen molar-refractivity contribution in [2.45, 2.75) is 38.0 Å². The first kappa shape index (κ1) is 27.8. The van der Waals surface area contributed by atoms with E-state index in [1.54, 1.807) is 20.3 Å². The van der Waals surface area contributed by atoms with Crippen LogP contribution in [0.3, 0.4) is 0 Å². The van der Waals surface area contributed by atoms with Crippen LogP contribution < -0.4 is 35.7 Å². The van der Waals surface area contributed by atoms with Crippen molar-refractivity contribution in [3.63, 3.8) is 0 Å². The molecule has 1 aliphatic carbocycles. The van der Waals surface area contributed by atoms with Gasteiger partial charge in [-0.05, 0) is 138 Å². The second-order valence-corrected chi connectivity index (χ2v) is 12.2. The van der Waals surface area contributed by atoms with Crippen molar-refractivity contribution in [3.8, 4) is 11.5 Å². The van der Waals surface area contributed by atoms with E-state index in [-0.39, 0.29) is 18.3 Å². The van der Waals surface area contributed by atoms with Crippen molar-refractivity contribution in [2.75, 3.05) is 24.0 Å². The summed E-state index contributed by atoms with van der Waals surface area (Å²) in [6, 6.07) is 30.7. The predicted molar refractivity (Wildman–Crippen MR) is 179 cm³/mol. The summed E-state index contributed by atoms with van der Waals surface area (Å²) in [6.07, 6.45) is 6.00. The Balaban J connectivity index is 1.47. The Morgan fingerprint density at radius 1 is 0.578 bits per heavy atom. The van der Waals surface area contributed by atoms with Crippen LogP contribution in [0.25, 0.3) is 0 Å². The van der Waals surface area contributed by atoms with Crippen LogP contribution in [0.15, 0.2) is 97.1 Å². The molecule has 0 N–H and O–H groups in total. The Morgan fingerprint density at radius 3 is 1.73 bits per heavy atom. The highest BCUT2D eigenvalue weighted by atomic mass is 19.1. The fraction of sp³-hybridized carbons (Fsp3) is 0.211. The molecule has 0 aromatic heterocycles. The summed E-state index contributed by atoms with van der Waals surface area (Å²) >= 11 is 0. The molecule has 5 aromatic rings. The zero-order valence-corrected chi connectivity index (χ0v) is 25.4. The minimum absolute atomic E-state index is 0.239. The highest BCUT2D eigenvalue weighted by molar-refractivity contribution is 7.00. The summed E-state index contributed by atoms with van der Waals surface area (Å²) in [5.41, 5.74) is 10.1. The molecule has 0 unspecified atom stereocenters. The third kappa shape index (κ3) is 4.56. The van der Waals surface area contributed by atoms with Crippen molar-refractivity contribution in [1.29, 1.82) is 0 Å². The van der Waals surface area contributed by atoms with E-state index in [9.17, 15) is 4.39 Å². The van der Waals surface area contributed by atoms with Crippen molar-refractivity contribution >= 4 is 57.2 Å². The lowest BCUT2D eigenvalue weighted by molar-refractivity contribution is 0.415. The van der Waals surface area contributed by atoms with Crippen molar-refractivity contribution in [1.82, 2.24) is 0 Å². The Bertz CT molecular complexity index is 1910. The van der Waals surface area contributed by atoms with Crippen LogP contribution in [0.1, 0.15) is 43.6 Å². The standard InChI is InChI=1S/C38H33BF2N2O2/c1-44-30-15-13-29(14-16-30)43-35-19-17-31(45-2)23-33(35)39-32-22-27(41)10-18-34(32)42(28-11-8-26(40)9-12-28)36-20-25(21-37(43)38(36)39)24-6-4-3-5-7-24/h8-24H,3-7H2,1-2H3. The molecular formula is C38H33BF2N2O2. The van der Waals surface area contributed by atoms with Crippen LogP contribution in [-0.2, 0) is 0 Å². The summed E-state index contributed by atoms with van der Waals surface area (Å²) < 4.78 is 40.7. The zero-order valence-electron chi connectivity index (χ0n) is 25.4. The minimum Gasteiger partial charge on any atom is -0.497 e. The molecule has 4 nitrogen and oxygen atoms in total. The van der Waals surface area contributed by atoms with Gasteiger partial charge in [-0.15, -0.1) is 0 Å². The van der Waals surface area contributed by atoms with Gasteiger partial charge in [0, 0.05) is 34.1 Å². The quantitative estimate of drug-likeness (QED) is 0.187. The predicted octanol–water partition coefficient (Wildman–Crippen LogP) is 8.11. The number of anilines is 6. The molecule has 0 bridgehead atoms. The van der Waals surface area contributed by atoms with E-state index in [1.165, 1.54) is 43.0 Å². The third-order valence-electron chi connectivity index (χ3n) is 9.75. The average molecular weight is 599 g/mol. The summed E-state index contributed by atoms with van der Waals surface area (Å²) in [6.45, 7) is -0.239. The topological polar surface area (TPSA) is 24.9 Å².